The Bertz CT molecular complexity index is 110. The summed E-state index contributed by atoms with van der Waals surface area (Å²) in [5, 5.41) is 12.7. The van der Waals surface area contributed by atoms with Crippen molar-refractivity contribution in [3.63, 3.8) is 0 Å². The zero-order valence-electron chi connectivity index (χ0n) is 7.40. The van der Waals surface area contributed by atoms with Gasteiger partial charge in [0, 0.05) is 13.1 Å². The van der Waals surface area contributed by atoms with Gasteiger partial charge in [0.1, 0.15) is 0 Å². The second-order valence-electron chi connectivity index (χ2n) is 3.64. The Kier molecular flexibility index (Phi) is 3.34. The third-order valence-corrected chi connectivity index (χ3v) is 2.40. The van der Waals surface area contributed by atoms with Crippen LogP contribution in [0.4, 0.5) is 0 Å². The molecule has 0 atom stereocenters. The monoisotopic (exact) mass is 157 g/mol. The molecule has 0 aromatic carbocycles. The number of unbranched alkanes of at least 4 members (excludes halogenated alkanes) is 3. The van der Waals surface area contributed by atoms with Gasteiger partial charge in [0.2, 0.25) is 0 Å². The average molecular weight is 157 g/mol. The summed E-state index contributed by atoms with van der Waals surface area (Å²) < 4.78 is 0. The van der Waals surface area contributed by atoms with Gasteiger partial charge in [-0.2, -0.15) is 0 Å². The summed E-state index contributed by atoms with van der Waals surface area (Å²) in [5.41, 5.74) is -0.340. The van der Waals surface area contributed by atoms with Crippen molar-refractivity contribution in [1.82, 2.24) is 5.32 Å². The maximum absolute atomic E-state index is 9.65. The molecule has 2 N–H and O–H groups in total. The number of hydrogen-bond donors (Lipinski definition) is 2. The lowest BCUT2D eigenvalue weighted by molar-refractivity contribution is -0.0191. The summed E-state index contributed by atoms with van der Waals surface area (Å²) in [7, 11) is 0. The summed E-state index contributed by atoms with van der Waals surface area (Å²) in [5.74, 6) is 0. The molecule has 1 heterocycles. The molecule has 1 saturated heterocycles. The number of hydrogen-bond acceptors (Lipinski definition) is 2. The van der Waals surface area contributed by atoms with E-state index >= 15 is 0 Å². The molecule has 0 unspecified atom stereocenters. The molecule has 0 spiro atoms. The van der Waals surface area contributed by atoms with Crippen LogP contribution in [0, 0.1) is 0 Å². The molecule has 0 bridgehead atoms. The van der Waals surface area contributed by atoms with Crippen molar-refractivity contribution in [3.8, 4) is 0 Å². The molecule has 0 amide bonds. The Balaban J connectivity index is 1.94. The molecule has 2 nitrogen and oxygen atoms in total. The smallest absolute Gasteiger partial charge is 0.0895 e. The lowest BCUT2D eigenvalue weighted by atomic mass is 9.90. The Labute approximate surface area is 69.0 Å². The minimum Gasteiger partial charge on any atom is -0.387 e. The van der Waals surface area contributed by atoms with Crippen molar-refractivity contribution in [2.45, 2.75) is 44.6 Å². The highest BCUT2D eigenvalue weighted by molar-refractivity contribution is 4.91. The van der Waals surface area contributed by atoms with Gasteiger partial charge < -0.3 is 10.4 Å². The van der Waals surface area contributed by atoms with Crippen molar-refractivity contribution < 1.29 is 5.11 Å². The Morgan fingerprint density at radius 3 is 2.45 bits per heavy atom. The molecule has 1 aliphatic heterocycles. The Morgan fingerprint density at radius 1 is 1.27 bits per heavy atom. The zero-order valence-corrected chi connectivity index (χ0v) is 7.40. The summed E-state index contributed by atoms with van der Waals surface area (Å²) in [6, 6.07) is 0. The minimum atomic E-state index is -0.340. The van der Waals surface area contributed by atoms with Crippen molar-refractivity contribution in [3.05, 3.63) is 0 Å². The lowest BCUT2D eigenvalue weighted by Crippen LogP contribution is -2.59. The largest absolute Gasteiger partial charge is 0.387 e. The van der Waals surface area contributed by atoms with Crippen LogP contribution in [0.25, 0.3) is 0 Å². The van der Waals surface area contributed by atoms with E-state index in [2.05, 4.69) is 12.2 Å². The van der Waals surface area contributed by atoms with E-state index in [1.165, 1.54) is 25.7 Å². The molecule has 1 aliphatic rings. The number of aliphatic hydroxyl groups is 1. The fourth-order valence-electron chi connectivity index (χ4n) is 1.47. The highest BCUT2D eigenvalue weighted by Crippen LogP contribution is 2.19. The SMILES string of the molecule is CCCCCCC1(O)CNC1. The van der Waals surface area contributed by atoms with Crippen LogP contribution in [0.5, 0.6) is 0 Å². The molecule has 0 aromatic heterocycles. The molecule has 0 aromatic rings. The van der Waals surface area contributed by atoms with Crippen molar-refractivity contribution in [2.75, 3.05) is 13.1 Å². The van der Waals surface area contributed by atoms with Crippen LogP contribution >= 0.6 is 0 Å². The molecule has 1 fully saturated rings. The first-order valence-electron chi connectivity index (χ1n) is 4.70. The van der Waals surface area contributed by atoms with E-state index in [1.807, 2.05) is 0 Å². The third kappa shape index (κ3) is 2.80. The van der Waals surface area contributed by atoms with Gasteiger partial charge in [-0.05, 0) is 6.42 Å². The fraction of sp³-hybridized carbons (Fsp3) is 1.00. The van der Waals surface area contributed by atoms with Gasteiger partial charge in [0.15, 0.2) is 0 Å². The normalized spacial score (nSPS) is 21.3. The quantitative estimate of drug-likeness (QED) is 0.589. The van der Waals surface area contributed by atoms with Crippen molar-refractivity contribution >= 4 is 0 Å². The lowest BCUT2D eigenvalue weighted by Gasteiger charge is -2.37. The second-order valence-corrected chi connectivity index (χ2v) is 3.64. The maximum atomic E-state index is 9.65. The van der Waals surface area contributed by atoms with E-state index in [4.69, 9.17) is 0 Å². The summed E-state index contributed by atoms with van der Waals surface area (Å²) in [6.07, 6.45) is 6.03. The number of rotatable bonds is 5. The van der Waals surface area contributed by atoms with Crippen LogP contribution in [-0.4, -0.2) is 23.8 Å². The summed E-state index contributed by atoms with van der Waals surface area (Å²) >= 11 is 0. The molecular weight excluding hydrogens is 138 g/mol. The van der Waals surface area contributed by atoms with Crippen LogP contribution in [-0.2, 0) is 0 Å². The average Bonchev–Trinajstić information content (AvgIpc) is 1.95. The van der Waals surface area contributed by atoms with Gasteiger partial charge in [0.25, 0.3) is 0 Å². The molecule has 1 rings (SSSR count). The van der Waals surface area contributed by atoms with E-state index < -0.39 is 0 Å². The summed E-state index contributed by atoms with van der Waals surface area (Å²) in [4.78, 5) is 0. The predicted octanol–water partition coefficient (Wildman–Crippen LogP) is 1.29. The van der Waals surface area contributed by atoms with E-state index in [0.717, 1.165) is 19.5 Å². The molecular formula is C9H19NO. The third-order valence-electron chi connectivity index (χ3n) is 2.40. The van der Waals surface area contributed by atoms with Gasteiger partial charge >= 0.3 is 0 Å². The highest BCUT2D eigenvalue weighted by atomic mass is 16.3. The van der Waals surface area contributed by atoms with Crippen LogP contribution in [0.15, 0.2) is 0 Å². The molecule has 66 valence electrons. The van der Waals surface area contributed by atoms with Crippen LogP contribution < -0.4 is 5.32 Å². The van der Waals surface area contributed by atoms with Gasteiger partial charge in [0.05, 0.1) is 5.60 Å². The minimum absolute atomic E-state index is 0.340. The first-order valence-corrected chi connectivity index (χ1v) is 4.70. The maximum Gasteiger partial charge on any atom is 0.0895 e. The van der Waals surface area contributed by atoms with Crippen LogP contribution in [0.3, 0.4) is 0 Å². The second kappa shape index (κ2) is 4.07. The Morgan fingerprint density at radius 2 is 2.00 bits per heavy atom. The van der Waals surface area contributed by atoms with Crippen LogP contribution in [0.1, 0.15) is 39.0 Å². The highest BCUT2D eigenvalue weighted by Gasteiger charge is 2.32. The van der Waals surface area contributed by atoms with Crippen molar-refractivity contribution in [1.29, 1.82) is 0 Å². The summed E-state index contributed by atoms with van der Waals surface area (Å²) in [6.45, 7) is 3.82. The topological polar surface area (TPSA) is 32.3 Å². The van der Waals surface area contributed by atoms with Crippen molar-refractivity contribution in [2.24, 2.45) is 0 Å². The molecule has 0 aliphatic carbocycles. The van der Waals surface area contributed by atoms with E-state index in [0.29, 0.717) is 0 Å². The van der Waals surface area contributed by atoms with Crippen LogP contribution in [0.2, 0.25) is 0 Å². The van der Waals surface area contributed by atoms with E-state index in [9.17, 15) is 5.11 Å². The zero-order chi connectivity index (χ0) is 8.16. The number of β-amino-alcohol motifs (C(OH)–C–C–N with tert-alkyl or cyclic N) is 1. The van der Waals surface area contributed by atoms with E-state index in [-0.39, 0.29) is 5.60 Å². The van der Waals surface area contributed by atoms with Gasteiger partial charge in [-0.15, -0.1) is 0 Å². The fourth-order valence-corrected chi connectivity index (χ4v) is 1.47. The first-order chi connectivity index (χ1) is 5.27. The molecule has 2 heteroatoms. The molecule has 11 heavy (non-hydrogen) atoms. The molecule has 0 radical (unpaired) electrons. The van der Waals surface area contributed by atoms with Gasteiger partial charge in [-0.25, -0.2) is 0 Å². The standard InChI is InChI=1S/C9H19NO/c1-2-3-4-5-6-9(11)7-10-8-9/h10-11H,2-8H2,1H3. The predicted molar refractivity (Wildman–Crippen MR) is 46.6 cm³/mol. The number of nitrogens with one attached hydrogen (secondary N) is 1. The van der Waals surface area contributed by atoms with E-state index in [1.54, 1.807) is 0 Å². The molecule has 0 saturated carbocycles. The van der Waals surface area contributed by atoms with Gasteiger partial charge in [-0.3, -0.25) is 0 Å². The van der Waals surface area contributed by atoms with Gasteiger partial charge in [-0.1, -0.05) is 32.6 Å². The Hall–Kier alpha value is -0.0800. The first kappa shape index (κ1) is 9.01.